The zero-order valence-electron chi connectivity index (χ0n) is 16.3. The highest BCUT2D eigenvalue weighted by molar-refractivity contribution is 5.99. The number of rotatable bonds is 5. The Hall–Kier alpha value is -3.15. The molecule has 0 saturated carbocycles. The van der Waals surface area contributed by atoms with Crippen LogP contribution in [0.3, 0.4) is 0 Å². The van der Waals surface area contributed by atoms with Gasteiger partial charge in [0.25, 0.3) is 0 Å². The van der Waals surface area contributed by atoms with Gasteiger partial charge in [-0.1, -0.05) is 35.9 Å². The number of ether oxygens (including phenoxy) is 1. The number of aryl methyl sites for hydroxylation is 1. The van der Waals surface area contributed by atoms with Crippen molar-refractivity contribution in [2.24, 2.45) is 5.92 Å². The number of carbonyl (C=O) groups excluding carboxylic acids is 3. The highest BCUT2D eigenvalue weighted by Crippen LogP contribution is 2.24. The molecule has 0 radical (unpaired) electrons. The van der Waals surface area contributed by atoms with Crippen LogP contribution < -0.4 is 5.32 Å². The molecular weight excluding hydrogens is 356 g/mol. The van der Waals surface area contributed by atoms with Gasteiger partial charge in [0.05, 0.1) is 18.6 Å². The van der Waals surface area contributed by atoms with E-state index in [-0.39, 0.29) is 18.2 Å². The molecule has 1 heterocycles. The van der Waals surface area contributed by atoms with E-state index in [1.165, 1.54) is 12.7 Å². The van der Waals surface area contributed by atoms with Gasteiger partial charge in [-0.05, 0) is 37.1 Å². The molecular formula is C22H24N2O4. The van der Waals surface area contributed by atoms with E-state index in [2.05, 4.69) is 5.32 Å². The summed E-state index contributed by atoms with van der Waals surface area (Å²) in [4.78, 5) is 38.6. The summed E-state index contributed by atoms with van der Waals surface area (Å²) >= 11 is 0. The van der Waals surface area contributed by atoms with E-state index in [1.54, 1.807) is 30.0 Å². The molecule has 0 aliphatic carbocycles. The number of likely N-dealkylation sites (tertiary alicyclic amines) is 1. The summed E-state index contributed by atoms with van der Waals surface area (Å²) < 4.78 is 4.77. The van der Waals surface area contributed by atoms with Gasteiger partial charge in [0.2, 0.25) is 11.8 Å². The third-order valence-corrected chi connectivity index (χ3v) is 5.08. The number of amides is 2. The van der Waals surface area contributed by atoms with Crippen molar-refractivity contribution < 1.29 is 19.1 Å². The molecule has 6 nitrogen and oxygen atoms in total. The van der Waals surface area contributed by atoms with Crippen LogP contribution in [0, 0.1) is 19.8 Å². The van der Waals surface area contributed by atoms with Crippen molar-refractivity contribution >= 4 is 23.5 Å². The highest BCUT2D eigenvalue weighted by atomic mass is 16.5. The number of carbonyl (C=O) groups is 3. The van der Waals surface area contributed by atoms with Crippen LogP contribution in [-0.4, -0.2) is 36.3 Å². The summed E-state index contributed by atoms with van der Waals surface area (Å²) in [6.45, 7) is 4.65. The smallest absolute Gasteiger partial charge is 0.338 e. The van der Waals surface area contributed by atoms with Crippen molar-refractivity contribution in [3.8, 4) is 0 Å². The maximum absolute atomic E-state index is 12.7. The molecule has 2 aromatic carbocycles. The van der Waals surface area contributed by atoms with Crippen LogP contribution >= 0.6 is 0 Å². The van der Waals surface area contributed by atoms with Crippen LogP contribution in [0.25, 0.3) is 0 Å². The minimum absolute atomic E-state index is 0.0271. The number of methoxy groups -OCH3 is 1. The van der Waals surface area contributed by atoms with Crippen molar-refractivity contribution in [3.63, 3.8) is 0 Å². The Kier molecular flexibility index (Phi) is 5.78. The van der Waals surface area contributed by atoms with Gasteiger partial charge in [0.1, 0.15) is 0 Å². The van der Waals surface area contributed by atoms with E-state index in [0.717, 1.165) is 5.56 Å². The van der Waals surface area contributed by atoms with Gasteiger partial charge in [0.15, 0.2) is 0 Å². The van der Waals surface area contributed by atoms with Gasteiger partial charge >= 0.3 is 5.97 Å². The molecule has 1 unspecified atom stereocenters. The molecule has 1 saturated heterocycles. The lowest BCUT2D eigenvalue weighted by Crippen LogP contribution is -2.28. The number of nitrogens with zero attached hydrogens (tertiary/aromatic N) is 1. The third kappa shape index (κ3) is 4.22. The summed E-state index contributed by atoms with van der Waals surface area (Å²) in [7, 11) is 1.32. The number of anilines is 1. The van der Waals surface area contributed by atoms with Crippen LogP contribution in [0.4, 0.5) is 5.69 Å². The van der Waals surface area contributed by atoms with Crippen molar-refractivity contribution in [3.05, 3.63) is 64.7 Å². The Bertz CT molecular complexity index is 905. The second kappa shape index (κ2) is 8.25. The minimum atomic E-state index is -0.450. The zero-order valence-corrected chi connectivity index (χ0v) is 16.3. The molecule has 0 aromatic heterocycles. The van der Waals surface area contributed by atoms with Gasteiger partial charge in [-0.2, -0.15) is 0 Å². The van der Waals surface area contributed by atoms with Gasteiger partial charge < -0.3 is 15.0 Å². The predicted molar refractivity (Wildman–Crippen MR) is 106 cm³/mol. The SMILES string of the molecule is COC(=O)c1cccc(NC(=O)C2CC(=O)N(Cc3ccc(C)cc3)C2)c1C. The number of benzene rings is 2. The zero-order chi connectivity index (χ0) is 20.3. The topological polar surface area (TPSA) is 75.7 Å². The molecule has 6 heteroatoms. The maximum Gasteiger partial charge on any atom is 0.338 e. The summed E-state index contributed by atoms with van der Waals surface area (Å²) in [5, 5.41) is 2.86. The Morgan fingerprint density at radius 2 is 1.86 bits per heavy atom. The van der Waals surface area contributed by atoms with Crippen LogP contribution in [0.1, 0.15) is 33.5 Å². The Balaban J connectivity index is 1.66. The molecule has 1 N–H and O–H groups in total. The quantitative estimate of drug-likeness (QED) is 0.809. The Morgan fingerprint density at radius 3 is 2.54 bits per heavy atom. The van der Waals surface area contributed by atoms with Crippen molar-refractivity contribution in [1.82, 2.24) is 4.90 Å². The van der Waals surface area contributed by atoms with Gasteiger partial charge in [-0.25, -0.2) is 4.79 Å². The van der Waals surface area contributed by atoms with Crippen LogP contribution in [0.5, 0.6) is 0 Å². The van der Waals surface area contributed by atoms with E-state index in [4.69, 9.17) is 4.74 Å². The van der Waals surface area contributed by atoms with E-state index in [1.807, 2.05) is 31.2 Å². The molecule has 2 aromatic rings. The lowest BCUT2D eigenvalue weighted by molar-refractivity contribution is -0.128. The summed E-state index contributed by atoms with van der Waals surface area (Å²) in [5.41, 5.74) is 3.81. The first-order valence-corrected chi connectivity index (χ1v) is 9.21. The van der Waals surface area contributed by atoms with E-state index >= 15 is 0 Å². The van der Waals surface area contributed by atoms with Crippen LogP contribution in [-0.2, 0) is 20.9 Å². The van der Waals surface area contributed by atoms with Crippen molar-refractivity contribution in [2.45, 2.75) is 26.8 Å². The molecule has 28 heavy (non-hydrogen) atoms. The summed E-state index contributed by atoms with van der Waals surface area (Å²) in [6, 6.07) is 13.1. The Morgan fingerprint density at radius 1 is 1.14 bits per heavy atom. The molecule has 3 rings (SSSR count). The summed E-state index contributed by atoms with van der Waals surface area (Å²) in [6.07, 6.45) is 0.188. The molecule has 1 atom stereocenters. The number of esters is 1. The van der Waals surface area contributed by atoms with Crippen molar-refractivity contribution in [2.75, 3.05) is 19.0 Å². The van der Waals surface area contributed by atoms with E-state index in [9.17, 15) is 14.4 Å². The van der Waals surface area contributed by atoms with Gasteiger partial charge in [0, 0.05) is 25.2 Å². The fraction of sp³-hybridized carbons (Fsp3) is 0.318. The number of nitrogens with one attached hydrogen (secondary N) is 1. The standard InChI is InChI=1S/C22H24N2O4/c1-14-7-9-16(10-8-14)12-24-13-17(11-20(24)25)21(26)23-19-6-4-5-18(15(19)2)22(27)28-3/h4-10,17H,11-13H2,1-3H3,(H,23,26). The summed E-state index contributed by atoms with van der Waals surface area (Å²) in [5.74, 6) is -1.11. The monoisotopic (exact) mass is 380 g/mol. The fourth-order valence-electron chi connectivity index (χ4n) is 3.35. The number of hydrogen-bond acceptors (Lipinski definition) is 4. The minimum Gasteiger partial charge on any atom is -0.465 e. The average Bonchev–Trinajstić information content (AvgIpc) is 3.05. The third-order valence-electron chi connectivity index (χ3n) is 5.08. The molecule has 1 aliphatic heterocycles. The average molecular weight is 380 g/mol. The molecule has 146 valence electrons. The number of hydrogen-bond donors (Lipinski definition) is 1. The normalized spacial score (nSPS) is 16.2. The first-order chi connectivity index (χ1) is 13.4. The Labute approximate surface area is 164 Å². The molecule has 1 fully saturated rings. The second-order valence-corrected chi connectivity index (χ2v) is 7.12. The van der Waals surface area contributed by atoms with E-state index < -0.39 is 11.9 Å². The molecule has 0 bridgehead atoms. The van der Waals surface area contributed by atoms with Gasteiger partial charge in [-0.3, -0.25) is 9.59 Å². The lowest BCUT2D eigenvalue weighted by Gasteiger charge is -2.17. The van der Waals surface area contributed by atoms with Crippen LogP contribution in [0.15, 0.2) is 42.5 Å². The molecule has 0 spiro atoms. The van der Waals surface area contributed by atoms with Crippen LogP contribution in [0.2, 0.25) is 0 Å². The van der Waals surface area contributed by atoms with Crippen molar-refractivity contribution in [1.29, 1.82) is 0 Å². The maximum atomic E-state index is 12.7. The first-order valence-electron chi connectivity index (χ1n) is 9.21. The first kappa shape index (κ1) is 19.6. The lowest BCUT2D eigenvalue weighted by atomic mass is 10.0. The van der Waals surface area contributed by atoms with E-state index in [0.29, 0.717) is 29.9 Å². The fourth-order valence-corrected chi connectivity index (χ4v) is 3.35. The second-order valence-electron chi connectivity index (χ2n) is 7.12. The molecule has 1 aliphatic rings. The van der Waals surface area contributed by atoms with Gasteiger partial charge in [-0.15, -0.1) is 0 Å². The highest BCUT2D eigenvalue weighted by Gasteiger charge is 2.34. The largest absolute Gasteiger partial charge is 0.465 e. The molecule has 2 amide bonds. The predicted octanol–water partition coefficient (Wildman–Crippen LogP) is 3.08.